The number of amides is 2. The predicted octanol–water partition coefficient (Wildman–Crippen LogP) is 5.98. The van der Waals surface area contributed by atoms with Crippen LogP contribution in [0.15, 0.2) is 97.3 Å². The fraction of sp³-hybridized carbons (Fsp3) is 0. The molecule has 4 aromatic rings. The molecule has 2 amide bonds. The minimum Gasteiger partial charge on any atom is -0.457 e. The van der Waals surface area contributed by atoms with Gasteiger partial charge in [0.1, 0.15) is 11.5 Å². The van der Waals surface area contributed by atoms with Crippen molar-refractivity contribution in [1.82, 2.24) is 4.98 Å². The van der Waals surface area contributed by atoms with Gasteiger partial charge < -0.3 is 15.4 Å². The van der Waals surface area contributed by atoms with Gasteiger partial charge in [0.15, 0.2) is 0 Å². The summed E-state index contributed by atoms with van der Waals surface area (Å²) in [4.78, 5) is 29.4. The van der Waals surface area contributed by atoms with E-state index in [-0.39, 0.29) is 11.8 Å². The summed E-state index contributed by atoms with van der Waals surface area (Å²) in [6, 6.07) is 25.1. The lowest BCUT2D eigenvalue weighted by Crippen LogP contribution is -2.18. The molecule has 3 aromatic carbocycles. The van der Waals surface area contributed by atoms with Crippen LogP contribution in [0.2, 0.25) is 0 Å². The van der Waals surface area contributed by atoms with Gasteiger partial charge in [-0.3, -0.25) is 14.6 Å². The first-order valence-corrected chi connectivity index (χ1v) is 10.8. The van der Waals surface area contributed by atoms with Crippen LogP contribution in [0.25, 0.3) is 0 Å². The smallest absolute Gasteiger partial charge is 0.257 e. The molecule has 0 fully saturated rings. The maximum Gasteiger partial charge on any atom is 0.257 e. The van der Waals surface area contributed by atoms with Gasteiger partial charge in [-0.15, -0.1) is 0 Å². The molecule has 1 heterocycles. The Balaban J connectivity index is 1.48. The summed E-state index contributed by atoms with van der Waals surface area (Å²) in [7, 11) is 0. The van der Waals surface area contributed by atoms with E-state index in [1.54, 1.807) is 54.7 Å². The van der Waals surface area contributed by atoms with Crippen molar-refractivity contribution in [3.05, 3.63) is 112 Å². The molecular formula is C25H18IN3O3. The number of pyridine rings is 1. The van der Waals surface area contributed by atoms with Crippen LogP contribution in [-0.2, 0) is 0 Å². The predicted molar refractivity (Wildman–Crippen MR) is 132 cm³/mol. The molecular weight excluding hydrogens is 517 g/mol. The average Bonchev–Trinajstić information content (AvgIpc) is 2.82. The highest BCUT2D eigenvalue weighted by Crippen LogP contribution is 2.24. The Hall–Kier alpha value is -3.72. The van der Waals surface area contributed by atoms with Gasteiger partial charge in [-0.2, -0.15) is 0 Å². The second-order valence-electron chi connectivity index (χ2n) is 6.78. The molecule has 32 heavy (non-hydrogen) atoms. The van der Waals surface area contributed by atoms with Crippen molar-refractivity contribution in [2.45, 2.75) is 0 Å². The van der Waals surface area contributed by atoms with Crippen LogP contribution in [0.1, 0.15) is 20.7 Å². The molecule has 0 saturated heterocycles. The summed E-state index contributed by atoms with van der Waals surface area (Å²) in [5, 5.41) is 5.66. The molecule has 7 heteroatoms. The van der Waals surface area contributed by atoms with E-state index in [0.717, 1.165) is 9.32 Å². The molecule has 4 rings (SSSR count). The number of aromatic nitrogens is 1. The molecule has 2 N–H and O–H groups in total. The molecule has 0 aliphatic carbocycles. The van der Waals surface area contributed by atoms with E-state index >= 15 is 0 Å². The molecule has 0 atom stereocenters. The maximum absolute atomic E-state index is 13.0. The van der Waals surface area contributed by atoms with Crippen molar-refractivity contribution in [2.24, 2.45) is 0 Å². The van der Waals surface area contributed by atoms with E-state index in [4.69, 9.17) is 4.74 Å². The van der Waals surface area contributed by atoms with Crippen LogP contribution < -0.4 is 15.4 Å². The minimum atomic E-state index is -0.337. The zero-order valence-corrected chi connectivity index (χ0v) is 18.9. The Bertz CT molecular complexity index is 1230. The van der Waals surface area contributed by atoms with E-state index in [0.29, 0.717) is 28.3 Å². The normalized spacial score (nSPS) is 10.3. The number of carbonyl (C=O) groups is 2. The molecule has 0 aliphatic rings. The van der Waals surface area contributed by atoms with Gasteiger partial charge in [0, 0.05) is 21.7 Å². The Labute approximate surface area is 198 Å². The first-order chi connectivity index (χ1) is 15.6. The third kappa shape index (κ3) is 5.50. The van der Waals surface area contributed by atoms with Gasteiger partial charge in [-0.05, 0) is 89.3 Å². The van der Waals surface area contributed by atoms with Gasteiger partial charge in [0.05, 0.1) is 16.8 Å². The highest BCUT2D eigenvalue weighted by Gasteiger charge is 2.15. The van der Waals surface area contributed by atoms with E-state index in [1.807, 2.05) is 36.4 Å². The maximum atomic E-state index is 13.0. The molecule has 158 valence electrons. The summed E-state index contributed by atoms with van der Waals surface area (Å²) in [5.74, 6) is 0.725. The SMILES string of the molecule is O=C(Nc1ccc(I)cc1C(=O)Nc1ccc(Oc2ccccc2)cc1)c1cccnc1. The van der Waals surface area contributed by atoms with E-state index < -0.39 is 0 Å². The fourth-order valence-corrected chi connectivity index (χ4v) is 3.43. The molecule has 1 aromatic heterocycles. The summed E-state index contributed by atoms with van der Waals surface area (Å²) in [5.41, 5.74) is 1.80. The Morgan fingerprint density at radius 2 is 1.53 bits per heavy atom. The highest BCUT2D eigenvalue weighted by molar-refractivity contribution is 14.1. The molecule has 0 aliphatic heterocycles. The molecule has 0 bridgehead atoms. The average molecular weight is 535 g/mol. The van der Waals surface area contributed by atoms with E-state index in [9.17, 15) is 9.59 Å². The summed E-state index contributed by atoms with van der Waals surface area (Å²) in [6.07, 6.45) is 3.07. The van der Waals surface area contributed by atoms with Crippen LogP contribution in [0.4, 0.5) is 11.4 Å². The first-order valence-electron chi connectivity index (χ1n) is 9.74. The minimum absolute atomic E-state index is 0.332. The largest absolute Gasteiger partial charge is 0.457 e. The fourth-order valence-electron chi connectivity index (χ4n) is 2.93. The molecule has 6 nitrogen and oxygen atoms in total. The van der Waals surface area contributed by atoms with Crippen molar-refractivity contribution in [3.8, 4) is 11.5 Å². The summed E-state index contributed by atoms with van der Waals surface area (Å²) >= 11 is 2.13. The number of hydrogen-bond donors (Lipinski definition) is 2. The zero-order chi connectivity index (χ0) is 22.3. The number of hydrogen-bond acceptors (Lipinski definition) is 4. The number of anilines is 2. The van der Waals surface area contributed by atoms with Crippen LogP contribution in [0.5, 0.6) is 11.5 Å². The Morgan fingerprint density at radius 3 is 2.25 bits per heavy atom. The van der Waals surface area contributed by atoms with Gasteiger partial charge in [-0.1, -0.05) is 18.2 Å². The summed E-state index contributed by atoms with van der Waals surface area (Å²) < 4.78 is 6.65. The van der Waals surface area contributed by atoms with Gasteiger partial charge in [-0.25, -0.2) is 0 Å². The lowest BCUT2D eigenvalue weighted by molar-refractivity contribution is 0.102. The Kier molecular flexibility index (Phi) is 6.76. The van der Waals surface area contributed by atoms with Crippen molar-refractivity contribution in [1.29, 1.82) is 0 Å². The van der Waals surface area contributed by atoms with Crippen LogP contribution in [0.3, 0.4) is 0 Å². The molecule has 0 saturated carbocycles. The lowest BCUT2D eigenvalue weighted by atomic mass is 10.1. The number of nitrogens with one attached hydrogen (secondary N) is 2. The van der Waals surface area contributed by atoms with Crippen molar-refractivity contribution in [2.75, 3.05) is 10.6 Å². The van der Waals surface area contributed by atoms with Gasteiger partial charge in [0.2, 0.25) is 0 Å². The van der Waals surface area contributed by atoms with E-state index in [1.165, 1.54) is 6.20 Å². The number of para-hydroxylation sites is 1. The van der Waals surface area contributed by atoms with Crippen LogP contribution in [0, 0.1) is 3.57 Å². The van der Waals surface area contributed by atoms with Crippen molar-refractivity contribution >= 4 is 45.8 Å². The summed E-state index contributed by atoms with van der Waals surface area (Å²) in [6.45, 7) is 0. The van der Waals surface area contributed by atoms with Crippen LogP contribution >= 0.6 is 22.6 Å². The van der Waals surface area contributed by atoms with Crippen LogP contribution in [-0.4, -0.2) is 16.8 Å². The lowest BCUT2D eigenvalue weighted by Gasteiger charge is -2.13. The van der Waals surface area contributed by atoms with Crippen molar-refractivity contribution in [3.63, 3.8) is 0 Å². The number of halogens is 1. The Morgan fingerprint density at radius 1 is 0.781 bits per heavy atom. The second kappa shape index (κ2) is 10.1. The van der Waals surface area contributed by atoms with Crippen molar-refractivity contribution < 1.29 is 14.3 Å². The second-order valence-corrected chi connectivity index (χ2v) is 8.02. The number of rotatable bonds is 6. The molecule has 0 spiro atoms. The zero-order valence-electron chi connectivity index (χ0n) is 16.8. The van der Waals surface area contributed by atoms with E-state index in [2.05, 4.69) is 38.2 Å². The first kappa shape index (κ1) is 21.5. The molecule has 0 unspecified atom stereocenters. The standard InChI is InChI=1S/C25H18IN3O3/c26-18-8-13-23(29-24(30)17-5-4-14-27-16-17)22(15-18)25(31)28-19-9-11-21(12-10-19)32-20-6-2-1-3-7-20/h1-16H,(H,28,31)(H,29,30). The third-order valence-corrected chi connectivity index (χ3v) is 5.16. The van der Waals surface area contributed by atoms with Gasteiger partial charge in [0.25, 0.3) is 11.8 Å². The number of nitrogens with zero attached hydrogens (tertiary/aromatic N) is 1. The van der Waals surface area contributed by atoms with Gasteiger partial charge >= 0.3 is 0 Å². The molecule has 0 radical (unpaired) electrons. The number of ether oxygens (including phenoxy) is 1. The number of benzene rings is 3. The number of carbonyl (C=O) groups excluding carboxylic acids is 2. The topological polar surface area (TPSA) is 80.3 Å². The quantitative estimate of drug-likeness (QED) is 0.298. The third-order valence-electron chi connectivity index (χ3n) is 4.49. The highest BCUT2D eigenvalue weighted by atomic mass is 127. The monoisotopic (exact) mass is 535 g/mol.